The van der Waals surface area contributed by atoms with Crippen molar-refractivity contribution >= 4 is 27.8 Å². The monoisotopic (exact) mass is 543 g/mol. The average Bonchev–Trinajstić information content (AvgIpc) is 3.44. The Balaban J connectivity index is 1.29. The van der Waals surface area contributed by atoms with Gasteiger partial charge in [0.25, 0.3) is 0 Å². The van der Waals surface area contributed by atoms with Crippen molar-refractivity contribution in [3.8, 4) is 17.2 Å². The maximum absolute atomic E-state index is 13.3. The number of pyridine rings is 1. The Labute approximate surface area is 234 Å². The number of ether oxygens (including phenoxy) is 2. The lowest BCUT2D eigenvalue weighted by atomic mass is 10.1. The molecule has 8 nitrogen and oxygen atoms in total. The number of nitrogens with zero attached hydrogens (tertiary/aromatic N) is 2. The summed E-state index contributed by atoms with van der Waals surface area (Å²) < 4.78 is 18.3. The van der Waals surface area contributed by atoms with E-state index in [9.17, 15) is 9.59 Å². The molecule has 5 rings (SSSR count). The maximum Gasteiger partial charge on any atom is 0.220 e. The minimum atomic E-state index is -0.104. The van der Waals surface area contributed by atoms with Crippen LogP contribution < -0.4 is 20.2 Å². The van der Waals surface area contributed by atoms with Gasteiger partial charge >= 0.3 is 0 Å². The van der Waals surface area contributed by atoms with E-state index in [1.54, 1.807) is 24.4 Å². The highest BCUT2D eigenvalue weighted by atomic mass is 16.5. The largest absolute Gasteiger partial charge is 0.490 e. The quantitative estimate of drug-likeness (QED) is 0.190. The summed E-state index contributed by atoms with van der Waals surface area (Å²) in [5.74, 6) is 1.73. The van der Waals surface area contributed by atoms with Gasteiger partial charge in [-0.2, -0.15) is 0 Å². The molecule has 2 aromatic carbocycles. The first-order valence-corrected chi connectivity index (χ1v) is 14.1. The number of benzene rings is 2. The first kappa shape index (κ1) is 27.6. The zero-order chi connectivity index (χ0) is 28.1. The highest BCUT2D eigenvalue weighted by Gasteiger charge is 2.17. The molecule has 0 radical (unpaired) electrons. The summed E-state index contributed by atoms with van der Waals surface area (Å²) in [6.07, 6.45) is 8.05. The van der Waals surface area contributed by atoms with E-state index in [-0.39, 0.29) is 11.3 Å². The molecular formula is C32H37N3O5. The van der Waals surface area contributed by atoms with E-state index in [1.165, 1.54) is 12.8 Å². The maximum atomic E-state index is 13.3. The highest BCUT2D eigenvalue weighted by Crippen LogP contribution is 2.31. The topological polar surface area (TPSA) is 93.9 Å². The van der Waals surface area contributed by atoms with Crippen LogP contribution in [0.4, 0.5) is 0 Å². The van der Waals surface area contributed by atoms with Crippen molar-refractivity contribution in [3.63, 3.8) is 0 Å². The summed E-state index contributed by atoms with van der Waals surface area (Å²) in [6.45, 7) is 3.37. The van der Waals surface area contributed by atoms with E-state index in [0.717, 1.165) is 37.1 Å². The van der Waals surface area contributed by atoms with Crippen molar-refractivity contribution in [3.05, 3.63) is 70.1 Å². The predicted octanol–water partition coefficient (Wildman–Crippen LogP) is 5.76. The average molecular weight is 544 g/mol. The zero-order valence-corrected chi connectivity index (χ0v) is 23.5. The third-order valence-corrected chi connectivity index (χ3v) is 7.22. The van der Waals surface area contributed by atoms with Crippen LogP contribution in [0.1, 0.15) is 49.8 Å². The van der Waals surface area contributed by atoms with Crippen molar-refractivity contribution in [1.29, 1.82) is 0 Å². The molecule has 210 valence electrons. The van der Waals surface area contributed by atoms with E-state index >= 15 is 0 Å². The van der Waals surface area contributed by atoms with Crippen molar-refractivity contribution < 1.29 is 18.7 Å². The molecule has 40 heavy (non-hydrogen) atoms. The molecule has 1 saturated carbocycles. The molecule has 0 unspecified atom stereocenters. The molecule has 0 saturated heterocycles. The molecule has 0 aliphatic heterocycles. The fourth-order valence-corrected chi connectivity index (χ4v) is 5.14. The lowest BCUT2D eigenvalue weighted by molar-refractivity contribution is -0.121. The van der Waals surface area contributed by atoms with Gasteiger partial charge in [-0.05, 0) is 88.7 Å². The Morgan fingerprint density at radius 1 is 1.07 bits per heavy atom. The first-order valence-electron chi connectivity index (χ1n) is 14.1. The van der Waals surface area contributed by atoms with E-state index in [0.29, 0.717) is 64.7 Å². The van der Waals surface area contributed by atoms with Crippen LogP contribution >= 0.6 is 0 Å². The fourth-order valence-electron chi connectivity index (χ4n) is 5.14. The second-order valence-corrected chi connectivity index (χ2v) is 10.9. The molecule has 1 N–H and O–H groups in total. The number of aryl methyl sites for hydroxylation is 2. The normalized spacial score (nSPS) is 13.8. The van der Waals surface area contributed by atoms with Gasteiger partial charge < -0.3 is 24.1 Å². The van der Waals surface area contributed by atoms with E-state index < -0.39 is 0 Å². The molecule has 1 fully saturated rings. The summed E-state index contributed by atoms with van der Waals surface area (Å²) in [4.78, 5) is 32.1. The predicted molar refractivity (Wildman–Crippen MR) is 156 cm³/mol. The Morgan fingerprint density at radius 2 is 1.88 bits per heavy atom. The number of fused-ring (bicyclic) bond motifs is 2. The number of carbonyl (C=O) groups excluding carboxylic acids is 1. The molecule has 8 heteroatoms. The van der Waals surface area contributed by atoms with Crippen LogP contribution in [0.2, 0.25) is 0 Å². The molecule has 1 amide bonds. The fraction of sp³-hybridized carbons (Fsp3) is 0.406. The van der Waals surface area contributed by atoms with Crippen molar-refractivity contribution in [1.82, 2.24) is 15.2 Å². The molecule has 0 bridgehead atoms. The van der Waals surface area contributed by atoms with E-state index in [1.807, 2.05) is 45.3 Å². The Bertz CT molecular complexity index is 1540. The smallest absolute Gasteiger partial charge is 0.220 e. The van der Waals surface area contributed by atoms with Crippen molar-refractivity contribution in [2.75, 3.05) is 27.2 Å². The van der Waals surface area contributed by atoms with Gasteiger partial charge in [-0.15, -0.1) is 0 Å². The summed E-state index contributed by atoms with van der Waals surface area (Å²) >= 11 is 0. The van der Waals surface area contributed by atoms with Crippen molar-refractivity contribution in [2.45, 2.75) is 57.9 Å². The van der Waals surface area contributed by atoms with E-state index in [4.69, 9.17) is 13.9 Å². The molecule has 1 aliphatic rings. The van der Waals surface area contributed by atoms with Gasteiger partial charge in [0.05, 0.1) is 23.6 Å². The lowest BCUT2D eigenvalue weighted by Gasteiger charge is -2.13. The minimum Gasteiger partial charge on any atom is -0.490 e. The van der Waals surface area contributed by atoms with Crippen LogP contribution in [0.5, 0.6) is 17.2 Å². The second-order valence-electron chi connectivity index (χ2n) is 10.9. The van der Waals surface area contributed by atoms with Crippen LogP contribution in [0, 0.1) is 6.92 Å². The molecule has 2 heterocycles. The van der Waals surface area contributed by atoms with Crippen LogP contribution in [0.3, 0.4) is 0 Å². The number of hydrogen-bond acceptors (Lipinski definition) is 7. The Morgan fingerprint density at radius 3 is 2.62 bits per heavy atom. The van der Waals surface area contributed by atoms with Crippen LogP contribution in [-0.2, 0) is 11.2 Å². The molecule has 1 aliphatic carbocycles. The molecule has 0 spiro atoms. The number of amides is 1. The molecule has 4 aromatic rings. The van der Waals surface area contributed by atoms with Gasteiger partial charge in [-0.1, -0.05) is 12.8 Å². The summed E-state index contributed by atoms with van der Waals surface area (Å²) in [6, 6.07) is 13.0. The van der Waals surface area contributed by atoms with Gasteiger partial charge in [0, 0.05) is 30.8 Å². The van der Waals surface area contributed by atoms with Crippen molar-refractivity contribution in [2.24, 2.45) is 0 Å². The van der Waals surface area contributed by atoms with Gasteiger partial charge in [0.1, 0.15) is 17.1 Å². The SMILES string of the molecule is Cc1cc(OCCCN(C)C)c2oc3cc(Oc4ccc(CCC(=O)NC5CCCC5)nc4)ccc3c(=O)c2c1. The standard InChI is InChI=1S/C32H37N3O5/c1-21-17-27-31(37)26-13-12-24(19-28(26)40-32(27)29(18-21)38-16-6-15-35(2)3)39-25-11-9-22(33-20-25)10-14-30(36)34-23-7-4-5-8-23/h9,11-13,17-20,23H,4-8,10,14-16H2,1-3H3,(H,34,36). The molecule has 0 atom stereocenters. The summed E-state index contributed by atoms with van der Waals surface area (Å²) in [5, 5.41) is 4.09. The number of hydrogen-bond donors (Lipinski definition) is 1. The lowest BCUT2D eigenvalue weighted by Crippen LogP contribution is -2.32. The van der Waals surface area contributed by atoms with Crippen LogP contribution in [-0.4, -0.2) is 49.1 Å². The van der Waals surface area contributed by atoms with Gasteiger partial charge in [0.2, 0.25) is 11.3 Å². The number of nitrogens with one attached hydrogen (secondary N) is 1. The summed E-state index contributed by atoms with van der Waals surface area (Å²) in [7, 11) is 4.05. The second kappa shape index (κ2) is 12.5. The number of rotatable bonds is 11. The van der Waals surface area contributed by atoms with Crippen LogP contribution in [0.15, 0.2) is 57.9 Å². The summed E-state index contributed by atoms with van der Waals surface area (Å²) in [5.41, 5.74) is 2.53. The first-order chi connectivity index (χ1) is 19.4. The third-order valence-electron chi connectivity index (χ3n) is 7.22. The number of aromatic nitrogens is 1. The van der Waals surface area contributed by atoms with Gasteiger partial charge in [0.15, 0.2) is 11.3 Å². The zero-order valence-electron chi connectivity index (χ0n) is 23.5. The van der Waals surface area contributed by atoms with E-state index in [2.05, 4.69) is 15.2 Å². The molecular weight excluding hydrogens is 506 g/mol. The van der Waals surface area contributed by atoms with Crippen LogP contribution in [0.25, 0.3) is 21.9 Å². The third kappa shape index (κ3) is 6.80. The Kier molecular flexibility index (Phi) is 8.65. The van der Waals surface area contributed by atoms with Gasteiger partial charge in [-0.25, -0.2) is 0 Å². The number of carbonyl (C=O) groups is 1. The highest BCUT2D eigenvalue weighted by molar-refractivity contribution is 5.93. The Hall–Kier alpha value is -3.91. The minimum absolute atomic E-state index is 0.0801. The van der Waals surface area contributed by atoms with Gasteiger partial charge in [-0.3, -0.25) is 14.6 Å². The molecule has 2 aromatic heterocycles.